The number of fused-ring (bicyclic) bond motifs is 7. The molecular formula is C37H55N3O7Si. The van der Waals surface area contributed by atoms with Gasteiger partial charge in [0.05, 0.1) is 53.2 Å². The molecule has 2 aromatic rings. The summed E-state index contributed by atoms with van der Waals surface area (Å²) in [4.78, 5) is 4.51. The number of methoxy groups -OCH3 is 4. The van der Waals surface area contributed by atoms with Gasteiger partial charge in [-0.25, -0.2) is 0 Å². The summed E-state index contributed by atoms with van der Waals surface area (Å²) >= 11 is 0. The second-order valence-electron chi connectivity index (χ2n) is 14.7. The Hall–Kier alpha value is -3.17. The van der Waals surface area contributed by atoms with Crippen molar-refractivity contribution in [2.45, 2.75) is 115 Å². The monoisotopic (exact) mass is 681 g/mol. The lowest BCUT2D eigenvalue weighted by molar-refractivity contribution is -0.0819. The lowest BCUT2D eigenvalue weighted by Gasteiger charge is -2.60. The van der Waals surface area contributed by atoms with E-state index in [9.17, 15) is 15.5 Å². The van der Waals surface area contributed by atoms with Crippen molar-refractivity contribution in [3.05, 3.63) is 33.4 Å². The van der Waals surface area contributed by atoms with E-state index in [1.54, 1.807) is 28.4 Å². The van der Waals surface area contributed by atoms with Gasteiger partial charge in [-0.2, -0.15) is 5.26 Å². The zero-order valence-corrected chi connectivity index (χ0v) is 32.0. The highest BCUT2D eigenvalue weighted by molar-refractivity contribution is 6.77. The maximum Gasteiger partial charge on any atom is 0.200 e. The molecule has 1 fully saturated rings. The summed E-state index contributed by atoms with van der Waals surface area (Å²) in [7, 11) is 6.08. The maximum absolute atomic E-state index is 12.0. The molecule has 0 saturated carbocycles. The van der Waals surface area contributed by atoms with E-state index in [1.165, 1.54) is 0 Å². The molecule has 2 aromatic carbocycles. The van der Waals surface area contributed by atoms with Gasteiger partial charge in [0.1, 0.15) is 17.5 Å². The minimum atomic E-state index is -2.37. The number of rotatable bonds is 10. The Morgan fingerprint density at radius 3 is 1.62 bits per heavy atom. The van der Waals surface area contributed by atoms with E-state index < -0.39 is 20.4 Å². The number of benzene rings is 2. The van der Waals surface area contributed by atoms with E-state index in [1.807, 2.05) is 20.9 Å². The van der Waals surface area contributed by atoms with Crippen LogP contribution in [0.1, 0.15) is 87.0 Å². The van der Waals surface area contributed by atoms with E-state index in [4.69, 9.17) is 23.4 Å². The summed E-state index contributed by atoms with van der Waals surface area (Å²) in [6.07, 6.45) is 0.965. The summed E-state index contributed by atoms with van der Waals surface area (Å²) in [6.45, 7) is 17.7. The van der Waals surface area contributed by atoms with E-state index >= 15 is 0 Å². The van der Waals surface area contributed by atoms with Crippen LogP contribution in [0.2, 0.25) is 16.6 Å². The molecule has 0 spiro atoms. The topological polar surface area (TPSA) is 117 Å². The predicted molar refractivity (Wildman–Crippen MR) is 188 cm³/mol. The molecule has 1 saturated heterocycles. The number of hydrogen-bond donors (Lipinski definition) is 2. The Kier molecular flexibility index (Phi) is 9.99. The lowest BCUT2D eigenvalue weighted by Crippen LogP contribution is -2.68. The first-order valence-electron chi connectivity index (χ1n) is 17.1. The highest BCUT2D eigenvalue weighted by atomic mass is 28.4. The minimum Gasteiger partial charge on any atom is -0.504 e. The maximum atomic E-state index is 12.0. The van der Waals surface area contributed by atoms with E-state index in [0.29, 0.717) is 70.2 Å². The number of hydrogen-bond acceptors (Lipinski definition) is 10. The average molecular weight is 682 g/mol. The molecule has 0 aliphatic carbocycles. The molecule has 5 atom stereocenters. The van der Waals surface area contributed by atoms with Crippen molar-refractivity contribution in [1.82, 2.24) is 9.80 Å². The normalized spacial score (nSPS) is 23.9. The third-order valence-corrected chi connectivity index (χ3v) is 17.9. The van der Waals surface area contributed by atoms with Gasteiger partial charge in [0.2, 0.25) is 0 Å². The molecule has 0 radical (unpaired) electrons. The zero-order valence-electron chi connectivity index (χ0n) is 31.0. The van der Waals surface area contributed by atoms with Gasteiger partial charge in [0.15, 0.2) is 31.3 Å². The summed E-state index contributed by atoms with van der Waals surface area (Å²) in [5, 5.41) is 35.0. The number of piperazine rings is 1. The van der Waals surface area contributed by atoms with Crippen LogP contribution >= 0.6 is 0 Å². The quantitative estimate of drug-likeness (QED) is 0.262. The van der Waals surface area contributed by atoms with Crippen LogP contribution in [0.4, 0.5) is 0 Å². The summed E-state index contributed by atoms with van der Waals surface area (Å²) in [5.41, 5.74) is 5.71. The van der Waals surface area contributed by atoms with Crippen LogP contribution in [0, 0.1) is 25.2 Å². The van der Waals surface area contributed by atoms with E-state index in [0.717, 1.165) is 22.3 Å². The highest BCUT2D eigenvalue weighted by Crippen LogP contribution is 2.59. The first kappa shape index (κ1) is 36.1. The molecule has 10 nitrogen and oxygen atoms in total. The van der Waals surface area contributed by atoms with Gasteiger partial charge in [0, 0.05) is 45.5 Å². The van der Waals surface area contributed by atoms with Crippen LogP contribution < -0.4 is 18.9 Å². The zero-order chi connectivity index (χ0) is 35.6. The second kappa shape index (κ2) is 13.3. The molecule has 2 N–H and O–H groups in total. The number of phenolic OH excluding ortho intramolecular Hbond substituents is 2. The molecule has 5 rings (SSSR count). The Morgan fingerprint density at radius 1 is 0.750 bits per heavy atom. The molecule has 3 aliphatic heterocycles. The number of aromatic hydroxyl groups is 2. The number of nitriles is 1. The molecule has 0 amide bonds. The Labute approximate surface area is 287 Å². The summed E-state index contributed by atoms with van der Waals surface area (Å²) in [6, 6.07) is 0.842. The van der Waals surface area contributed by atoms with Gasteiger partial charge < -0.3 is 33.6 Å². The van der Waals surface area contributed by atoms with Gasteiger partial charge in [0.25, 0.3) is 0 Å². The van der Waals surface area contributed by atoms with Crippen molar-refractivity contribution in [1.29, 1.82) is 5.26 Å². The van der Waals surface area contributed by atoms with Crippen molar-refractivity contribution in [3.63, 3.8) is 0 Å². The largest absolute Gasteiger partial charge is 0.504 e. The molecule has 0 unspecified atom stereocenters. The smallest absolute Gasteiger partial charge is 0.200 e. The standard InChI is InChI=1S/C37H55N3O7Si/c1-18(2)48(19(3)4,20(5)6)47-17-28-29-23(34(43-10)21(7)36(45-12)32(29)41)15-26-31-30-24(14-25(39(31)9)27(16-38)40(26)28)35(44-11)22(8)37(46-13)33(30)42/h18-20,25-28,31,41-42H,14-15,17H2,1-13H3/t25-,26-,27-,28-,31-/m0/s1. The lowest BCUT2D eigenvalue weighted by atomic mass is 9.71. The van der Waals surface area contributed by atoms with Crippen LogP contribution in [-0.4, -0.2) is 88.5 Å². The van der Waals surface area contributed by atoms with Crippen molar-refractivity contribution in [2.75, 3.05) is 42.1 Å². The number of ether oxygens (including phenoxy) is 4. The Bertz CT molecular complexity index is 1580. The van der Waals surface area contributed by atoms with Gasteiger partial charge in [-0.05, 0) is 50.4 Å². The highest BCUT2D eigenvalue weighted by Gasteiger charge is 2.58. The van der Waals surface area contributed by atoms with Gasteiger partial charge >= 0.3 is 0 Å². The third kappa shape index (κ3) is 4.97. The SMILES string of the molecule is COc1c(C)c(OC)c2c(c1O)[C@@H]1[C@@H]3Cc4c(OC)c(C)c(OC)c(O)c4[C@H](CO[Si](C(C)C)(C(C)C)C(C)C)N3[C@@H](C#N)[C@H](C2)N1C. The fraction of sp³-hybridized carbons (Fsp3) is 0.649. The van der Waals surface area contributed by atoms with Crippen LogP contribution in [-0.2, 0) is 17.3 Å². The predicted octanol–water partition coefficient (Wildman–Crippen LogP) is 6.71. The summed E-state index contributed by atoms with van der Waals surface area (Å²) < 4.78 is 30.9. The Balaban J connectivity index is 1.82. The molecule has 3 aliphatic rings. The van der Waals surface area contributed by atoms with E-state index in [-0.39, 0.29) is 29.6 Å². The molecule has 0 aromatic heterocycles. The van der Waals surface area contributed by atoms with Crippen LogP contribution in [0.5, 0.6) is 34.5 Å². The van der Waals surface area contributed by atoms with Gasteiger partial charge in [-0.3, -0.25) is 9.80 Å². The van der Waals surface area contributed by atoms with Crippen LogP contribution in [0.25, 0.3) is 0 Å². The molecule has 48 heavy (non-hydrogen) atoms. The first-order valence-corrected chi connectivity index (χ1v) is 19.3. The number of nitrogens with zero attached hydrogens (tertiary/aromatic N) is 3. The van der Waals surface area contributed by atoms with Gasteiger partial charge in [-0.15, -0.1) is 0 Å². The molecule has 3 heterocycles. The van der Waals surface area contributed by atoms with Crippen molar-refractivity contribution < 1.29 is 33.6 Å². The number of phenols is 2. The molecule has 264 valence electrons. The average Bonchev–Trinajstić information content (AvgIpc) is 3.02. The fourth-order valence-corrected chi connectivity index (χ4v) is 15.5. The summed E-state index contributed by atoms with van der Waals surface area (Å²) in [5.74, 6) is 2.25. The van der Waals surface area contributed by atoms with Crippen molar-refractivity contribution in [3.8, 4) is 40.6 Å². The second-order valence-corrected chi connectivity index (χ2v) is 20.1. The minimum absolute atomic E-state index is 0.0618. The molecule has 11 heteroatoms. The van der Waals surface area contributed by atoms with Gasteiger partial charge in [-0.1, -0.05) is 41.5 Å². The van der Waals surface area contributed by atoms with E-state index in [2.05, 4.69) is 57.4 Å². The van der Waals surface area contributed by atoms with Crippen molar-refractivity contribution in [2.24, 2.45) is 0 Å². The Morgan fingerprint density at radius 2 is 1.19 bits per heavy atom. The fourth-order valence-electron chi connectivity index (χ4n) is 10.1. The third-order valence-electron chi connectivity index (χ3n) is 11.9. The first-order chi connectivity index (χ1) is 22.7. The number of likely N-dealkylation sites (N-methyl/N-ethyl adjacent to an activating group) is 1. The molecular weight excluding hydrogens is 627 g/mol. The van der Waals surface area contributed by atoms with Crippen LogP contribution in [0.3, 0.4) is 0 Å². The molecule has 2 bridgehead atoms. The van der Waals surface area contributed by atoms with Crippen molar-refractivity contribution >= 4 is 8.32 Å². The van der Waals surface area contributed by atoms with Crippen LogP contribution in [0.15, 0.2) is 0 Å².